The van der Waals surface area contributed by atoms with E-state index in [1.54, 1.807) is 0 Å². The highest BCUT2D eigenvalue weighted by Crippen LogP contribution is 2.43. The van der Waals surface area contributed by atoms with Crippen LogP contribution in [0.3, 0.4) is 0 Å². The normalized spacial score (nSPS) is 11.5. The molecule has 0 saturated heterocycles. The van der Waals surface area contributed by atoms with Gasteiger partial charge in [-0.25, -0.2) is 15.0 Å². The summed E-state index contributed by atoms with van der Waals surface area (Å²) in [5, 5.41) is 4.80. The van der Waals surface area contributed by atoms with Gasteiger partial charge in [-0.05, 0) is 47.5 Å². The van der Waals surface area contributed by atoms with Gasteiger partial charge in [-0.1, -0.05) is 188 Å². The van der Waals surface area contributed by atoms with Crippen molar-refractivity contribution in [1.29, 1.82) is 0 Å². The Labute approximate surface area is 358 Å². The van der Waals surface area contributed by atoms with Crippen LogP contribution in [0.1, 0.15) is 0 Å². The summed E-state index contributed by atoms with van der Waals surface area (Å²) in [5.74, 6) is 1.87. The Bertz CT molecular complexity index is 3500. The Balaban J connectivity index is 1.18. The molecule has 3 heterocycles. The van der Waals surface area contributed by atoms with Crippen LogP contribution >= 0.6 is 0 Å². The average Bonchev–Trinajstić information content (AvgIpc) is 3.86. The van der Waals surface area contributed by atoms with E-state index < -0.39 is 0 Å². The first-order valence-electron chi connectivity index (χ1n) is 21.0. The molecule has 0 aliphatic rings. The number of hydrogen-bond acceptors (Lipinski definition) is 3. The lowest BCUT2D eigenvalue weighted by molar-refractivity contribution is 1.07. The van der Waals surface area contributed by atoms with Crippen molar-refractivity contribution >= 4 is 43.6 Å². The van der Waals surface area contributed by atoms with E-state index in [0.29, 0.717) is 17.5 Å². The van der Waals surface area contributed by atoms with Gasteiger partial charge in [-0.15, -0.1) is 0 Å². The van der Waals surface area contributed by atoms with Crippen LogP contribution in [0.25, 0.3) is 111 Å². The fourth-order valence-electron chi connectivity index (χ4n) is 9.13. The predicted octanol–water partition coefficient (Wildman–Crippen LogP) is 14.4. The summed E-state index contributed by atoms with van der Waals surface area (Å²) in [6, 6.07) is 79.5. The fourth-order valence-corrected chi connectivity index (χ4v) is 9.13. The number of para-hydroxylation sites is 3. The van der Waals surface area contributed by atoms with Crippen LogP contribution in [-0.4, -0.2) is 24.1 Å². The molecule has 5 heteroatoms. The first-order chi connectivity index (χ1) is 30.8. The van der Waals surface area contributed by atoms with Gasteiger partial charge in [0.2, 0.25) is 0 Å². The second-order valence-electron chi connectivity index (χ2n) is 15.6. The lowest BCUT2D eigenvalue weighted by Crippen LogP contribution is -2.03. The van der Waals surface area contributed by atoms with E-state index in [-0.39, 0.29) is 0 Å². The third-order valence-corrected chi connectivity index (χ3v) is 12.0. The zero-order valence-electron chi connectivity index (χ0n) is 33.6. The highest BCUT2D eigenvalue weighted by molar-refractivity contribution is 6.14. The van der Waals surface area contributed by atoms with Crippen molar-refractivity contribution in [2.24, 2.45) is 0 Å². The van der Waals surface area contributed by atoms with Crippen molar-refractivity contribution in [2.45, 2.75) is 0 Å². The molecule has 0 aliphatic heterocycles. The minimum absolute atomic E-state index is 0.608. The summed E-state index contributed by atoms with van der Waals surface area (Å²) in [7, 11) is 0. The first-order valence-corrected chi connectivity index (χ1v) is 21.0. The fraction of sp³-hybridized carbons (Fsp3) is 0. The molecule has 3 aromatic heterocycles. The molecule has 12 rings (SSSR count). The van der Waals surface area contributed by atoms with Crippen molar-refractivity contribution < 1.29 is 0 Å². The van der Waals surface area contributed by atoms with Gasteiger partial charge in [0, 0.05) is 49.4 Å². The number of fused-ring (bicyclic) bond motifs is 6. The van der Waals surface area contributed by atoms with E-state index in [1.807, 2.05) is 60.7 Å². The highest BCUT2D eigenvalue weighted by Gasteiger charge is 2.23. The Morgan fingerprint density at radius 2 is 0.613 bits per heavy atom. The zero-order valence-corrected chi connectivity index (χ0v) is 33.6. The van der Waals surface area contributed by atoms with Crippen LogP contribution in [0.2, 0.25) is 0 Å². The van der Waals surface area contributed by atoms with Crippen molar-refractivity contribution in [3.8, 4) is 67.8 Å². The van der Waals surface area contributed by atoms with E-state index in [1.165, 1.54) is 21.5 Å². The Morgan fingerprint density at radius 1 is 0.242 bits per heavy atom. The molecule has 0 N–H and O–H groups in total. The summed E-state index contributed by atoms with van der Waals surface area (Å²) in [6.07, 6.45) is 0. The van der Waals surface area contributed by atoms with Gasteiger partial charge in [0.15, 0.2) is 17.5 Å². The third-order valence-electron chi connectivity index (χ3n) is 12.0. The zero-order chi connectivity index (χ0) is 41.0. The molecule has 0 bridgehead atoms. The lowest BCUT2D eigenvalue weighted by atomic mass is 9.99. The van der Waals surface area contributed by atoms with Crippen molar-refractivity contribution in [3.63, 3.8) is 0 Å². The standard InChI is InChI=1S/C57H37N5/c1-5-19-38(20-6-1)43-34-33-42(57-59-55(40-23-9-3-10-24-40)58-56(60-57)41-25-11-4-12-26-41)35-52(43)62-51-32-18-15-29-46(51)48-36-47(39-21-7-2-8-22-39)53(37-54(48)62)61-49-30-16-13-27-44(49)45-28-14-17-31-50(45)61/h1-37H. The predicted molar refractivity (Wildman–Crippen MR) is 256 cm³/mol. The molecular weight excluding hydrogens is 755 g/mol. The van der Waals surface area contributed by atoms with Gasteiger partial charge in [0.25, 0.3) is 0 Å². The van der Waals surface area contributed by atoms with Crippen LogP contribution in [0.4, 0.5) is 0 Å². The topological polar surface area (TPSA) is 48.5 Å². The molecule has 0 aliphatic carbocycles. The summed E-state index contributed by atoms with van der Waals surface area (Å²) >= 11 is 0. The summed E-state index contributed by atoms with van der Waals surface area (Å²) in [4.78, 5) is 15.3. The minimum atomic E-state index is 0.608. The van der Waals surface area contributed by atoms with E-state index in [2.05, 4.69) is 173 Å². The molecule has 62 heavy (non-hydrogen) atoms. The third kappa shape index (κ3) is 5.90. The second-order valence-corrected chi connectivity index (χ2v) is 15.6. The van der Waals surface area contributed by atoms with Crippen LogP contribution in [0.5, 0.6) is 0 Å². The van der Waals surface area contributed by atoms with Crippen LogP contribution < -0.4 is 0 Å². The summed E-state index contributed by atoms with van der Waals surface area (Å²) in [5.41, 5.74) is 14.0. The van der Waals surface area contributed by atoms with Crippen molar-refractivity contribution in [2.75, 3.05) is 0 Å². The summed E-state index contributed by atoms with van der Waals surface area (Å²) < 4.78 is 4.89. The molecule has 0 unspecified atom stereocenters. The molecule has 290 valence electrons. The monoisotopic (exact) mass is 791 g/mol. The molecule has 0 atom stereocenters. The number of rotatable bonds is 7. The van der Waals surface area contributed by atoms with Gasteiger partial charge in [0.05, 0.1) is 33.4 Å². The maximum atomic E-state index is 5.17. The van der Waals surface area contributed by atoms with Gasteiger partial charge in [-0.2, -0.15) is 0 Å². The average molecular weight is 792 g/mol. The number of benzene rings is 9. The molecule has 0 radical (unpaired) electrons. The van der Waals surface area contributed by atoms with Crippen LogP contribution in [-0.2, 0) is 0 Å². The van der Waals surface area contributed by atoms with E-state index in [4.69, 9.17) is 15.0 Å². The molecule has 5 nitrogen and oxygen atoms in total. The largest absolute Gasteiger partial charge is 0.309 e. The van der Waals surface area contributed by atoms with Crippen molar-refractivity contribution in [3.05, 3.63) is 224 Å². The Hall–Kier alpha value is -8.41. The summed E-state index contributed by atoms with van der Waals surface area (Å²) in [6.45, 7) is 0. The molecule has 0 spiro atoms. The molecule has 0 amide bonds. The highest BCUT2D eigenvalue weighted by atomic mass is 15.0. The number of aromatic nitrogens is 5. The van der Waals surface area contributed by atoms with Crippen molar-refractivity contribution in [1.82, 2.24) is 24.1 Å². The van der Waals surface area contributed by atoms with E-state index in [9.17, 15) is 0 Å². The number of hydrogen-bond donors (Lipinski definition) is 0. The maximum absolute atomic E-state index is 5.17. The van der Waals surface area contributed by atoms with Crippen LogP contribution in [0, 0.1) is 0 Å². The molecule has 12 aromatic rings. The second kappa shape index (κ2) is 14.7. The van der Waals surface area contributed by atoms with Gasteiger partial charge < -0.3 is 9.13 Å². The maximum Gasteiger partial charge on any atom is 0.164 e. The smallest absolute Gasteiger partial charge is 0.164 e. The van der Waals surface area contributed by atoms with E-state index >= 15 is 0 Å². The molecular formula is C57H37N5. The first kappa shape index (κ1) is 35.5. The van der Waals surface area contributed by atoms with Gasteiger partial charge in [0.1, 0.15) is 0 Å². The Morgan fingerprint density at radius 3 is 1.11 bits per heavy atom. The number of nitrogens with zero attached hydrogens (tertiary/aromatic N) is 5. The SMILES string of the molecule is c1ccc(-c2nc(-c3ccccc3)nc(-c3ccc(-c4ccccc4)c(-n4c5ccccc5c5cc(-c6ccccc6)c(-n6c7ccccc7c7ccccc76)cc54)c3)n2)cc1. The lowest BCUT2D eigenvalue weighted by Gasteiger charge is -2.18. The molecule has 0 saturated carbocycles. The molecule has 9 aromatic carbocycles. The quantitative estimate of drug-likeness (QED) is 0.162. The Kier molecular flexibility index (Phi) is 8.42. The van der Waals surface area contributed by atoms with Crippen LogP contribution in [0.15, 0.2) is 224 Å². The molecule has 0 fully saturated rings. The van der Waals surface area contributed by atoms with Gasteiger partial charge >= 0.3 is 0 Å². The van der Waals surface area contributed by atoms with Gasteiger partial charge in [-0.3, -0.25) is 0 Å². The minimum Gasteiger partial charge on any atom is -0.309 e. The van der Waals surface area contributed by atoms with E-state index in [0.717, 1.165) is 72.4 Å².